The molecule has 170 valence electrons. The maximum atomic E-state index is 13.6. The molecule has 1 aromatic carbocycles. The number of aryl methyl sites for hydroxylation is 1. The van der Waals surface area contributed by atoms with E-state index in [9.17, 15) is 9.59 Å². The van der Waals surface area contributed by atoms with E-state index in [1.165, 1.54) is 35.1 Å². The smallest absolute Gasteiger partial charge is 0.272 e. The van der Waals surface area contributed by atoms with Crippen LogP contribution >= 0.6 is 23.1 Å². The minimum atomic E-state index is -0.0788. The van der Waals surface area contributed by atoms with Crippen molar-refractivity contribution in [3.05, 3.63) is 64.1 Å². The summed E-state index contributed by atoms with van der Waals surface area (Å²) in [6, 6.07) is 12.2. The first kappa shape index (κ1) is 22.1. The zero-order valence-corrected chi connectivity index (χ0v) is 20.4. The molecule has 0 unspecified atom stereocenters. The van der Waals surface area contributed by atoms with Crippen molar-refractivity contribution >= 4 is 49.4 Å². The molecule has 4 aromatic rings. The van der Waals surface area contributed by atoms with Crippen LogP contribution in [-0.4, -0.2) is 43.7 Å². The van der Waals surface area contributed by atoms with Crippen molar-refractivity contribution in [2.75, 3.05) is 12.3 Å². The van der Waals surface area contributed by atoms with Crippen LogP contribution in [0.2, 0.25) is 0 Å². The van der Waals surface area contributed by atoms with Gasteiger partial charge in [-0.05, 0) is 50.8 Å². The summed E-state index contributed by atoms with van der Waals surface area (Å²) in [5.41, 5.74) is 2.80. The molecule has 1 saturated heterocycles. The Hall–Kier alpha value is -2.71. The Morgan fingerprint density at radius 3 is 2.82 bits per heavy atom. The highest BCUT2D eigenvalue weighted by Gasteiger charge is 2.24. The van der Waals surface area contributed by atoms with E-state index in [2.05, 4.69) is 11.9 Å². The number of thiophene rings is 1. The van der Waals surface area contributed by atoms with Gasteiger partial charge in [-0.2, -0.15) is 0 Å². The standard InChI is InChI=1S/C25H26N4O2S2/c1-16-8-10-18(11-9-16)14-29-24(31)22-21(19-7-5-12-26-23(19)33-22)27-25(29)32-15-20(30)28-13-4-3-6-17(28)2/h5,7-12,17H,3-4,6,13-15H2,1-2H3/t17-/m1/s1. The average Bonchev–Trinajstić information content (AvgIpc) is 3.20. The zero-order chi connectivity index (χ0) is 22.9. The SMILES string of the molecule is Cc1ccc(Cn2c(SCC(=O)N3CCCC[C@H]3C)nc3c(sc4ncccc43)c2=O)cc1. The molecule has 0 N–H and O–H groups in total. The number of fused-ring (bicyclic) bond motifs is 3. The molecule has 0 spiro atoms. The Balaban J connectivity index is 1.54. The van der Waals surface area contributed by atoms with Crippen LogP contribution in [0.15, 0.2) is 52.5 Å². The van der Waals surface area contributed by atoms with Crippen LogP contribution in [0.4, 0.5) is 0 Å². The number of amides is 1. The largest absolute Gasteiger partial charge is 0.339 e. The summed E-state index contributed by atoms with van der Waals surface area (Å²) in [4.78, 5) is 38.7. The quantitative estimate of drug-likeness (QED) is 0.303. The fourth-order valence-electron chi connectivity index (χ4n) is 4.34. The molecule has 5 rings (SSSR count). The molecule has 33 heavy (non-hydrogen) atoms. The van der Waals surface area contributed by atoms with E-state index in [1.807, 2.05) is 48.2 Å². The monoisotopic (exact) mass is 478 g/mol. The number of hydrogen-bond donors (Lipinski definition) is 0. The predicted molar refractivity (Wildman–Crippen MR) is 135 cm³/mol. The first-order valence-electron chi connectivity index (χ1n) is 11.3. The lowest BCUT2D eigenvalue weighted by Gasteiger charge is -2.33. The third-order valence-corrected chi connectivity index (χ3v) is 8.28. The minimum Gasteiger partial charge on any atom is -0.339 e. The zero-order valence-electron chi connectivity index (χ0n) is 18.8. The normalized spacial score (nSPS) is 16.5. The van der Waals surface area contributed by atoms with Gasteiger partial charge < -0.3 is 4.90 Å². The molecule has 1 fully saturated rings. The molecule has 1 aliphatic heterocycles. The fourth-order valence-corrected chi connectivity index (χ4v) is 6.25. The maximum Gasteiger partial charge on any atom is 0.272 e. The van der Waals surface area contributed by atoms with Crippen molar-refractivity contribution < 1.29 is 4.79 Å². The van der Waals surface area contributed by atoms with Crippen LogP contribution in [0, 0.1) is 6.92 Å². The van der Waals surface area contributed by atoms with Crippen molar-refractivity contribution in [3.8, 4) is 0 Å². The average molecular weight is 479 g/mol. The van der Waals surface area contributed by atoms with Crippen LogP contribution < -0.4 is 5.56 Å². The number of hydrogen-bond acceptors (Lipinski definition) is 6. The van der Waals surface area contributed by atoms with Crippen molar-refractivity contribution in [1.82, 2.24) is 19.4 Å². The van der Waals surface area contributed by atoms with Gasteiger partial charge in [0.25, 0.3) is 5.56 Å². The predicted octanol–water partition coefficient (Wildman–Crippen LogP) is 4.86. The molecule has 1 aliphatic rings. The third kappa shape index (κ3) is 4.42. The summed E-state index contributed by atoms with van der Waals surface area (Å²) in [6.45, 7) is 5.39. The van der Waals surface area contributed by atoms with Crippen LogP contribution in [0.3, 0.4) is 0 Å². The summed E-state index contributed by atoms with van der Waals surface area (Å²) in [5.74, 6) is 0.386. The number of rotatable bonds is 5. The lowest BCUT2D eigenvalue weighted by Crippen LogP contribution is -2.43. The van der Waals surface area contributed by atoms with Crippen LogP contribution in [0.25, 0.3) is 20.4 Å². The number of likely N-dealkylation sites (tertiary alicyclic amines) is 1. The van der Waals surface area contributed by atoms with E-state index in [1.54, 1.807) is 10.8 Å². The highest BCUT2D eigenvalue weighted by atomic mass is 32.2. The fraction of sp³-hybridized carbons (Fsp3) is 0.360. The number of aromatic nitrogens is 3. The highest BCUT2D eigenvalue weighted by molar-refractivity contribution is 7.99. The van der Waals surface area contributed by atoms with E-state index < -0.39 is 0 Å². The Morgan fingerprint density at radius 1 is 1.21 bits per heavy atom. The first-order chi connectivity index (χ1) is 16.0. The summed E-state index contributed by atoms with van der Waals surface area (Å²) >= 11 is 2.74. The summed E-state index contributed by atoms with van der Waals surface area (Å²) < 4.78 is 2.32. The molecular formula is C25H26N4O2S2. The molecule has 0 saturated carbocycles. The number of carbonyl (C=O) groups is 1. The van der Waals surface area contributed by atoms with E-state index >= 15 is 0 Å². The maximum absolute atomic E-state index is 13.6. The molecule has 1 amide bonds. The van der Waals surface area contributed by atoms with Crippen molar-refractivity contribution in [3.63, 3.8) is 0 Å². The number of benzene rings is 1. The van der Waals surface area contributed by atoms with Gasteiger partial charge in [-0.25, -0.2) is 9.97 Å². The Labute approximate surface area is 200 Å². The van der Waals surface area contributed by atoms with Gasteiger partial charge in [0.05, 0.1) is 17.8 Å². The molecule has 3 aromatic heterocycles. The molecule has 0 aliphatic carbocycles. The summed E-state index contributed by atoms with van der Waals surface area (Å²) in [5, 5.41) is 1.46. The Kier molecular flexibility index (Phi) is 6.21. The topological polar surface area (TPSA) is 68.1 Å². The number of piperidine rings is 1. The first-order valence-corrected chi connectivity index (χ1v) is 13.1. The second-order valence-electron chi connectivity index (χ2n) is 8.63. The van der Waals surface area contributed by atoms with Crippen LogP contribution in [0.5, 0.6) is 0 Å². The highest BCUT2D eigenvalue weighted by Crippen LogP contribution is 2.31. The van der Waals surface area contributed by atoms with E-state index in [4.69, 9.17) is 4.98 Å². The molecule has 8 heteroatoms. The van der Waals surface area contributed by atoms with Gasteiger partial charge in [0.1, 0.15) is 9.53 Å². The van der Waals surface area contributed by atoms with Crippen molar-refractivity contribution in [2.45, 2.75) is 50.9 Å². The molecular weight excluding hydrogens is 452 g/mol. The molecule has 1 atom stereocenters. The number of pyridine rings is 1. The van der Waals surface area contributed by atoms with Gasteiger partial charge in [0.15, 0.2) is 5.16 Å². The van der Waals surface area contributed by atoms with Crippen molar-refractivity contribution in [1.29, 1.82) is 0 Å². The second-order valence-corrected chi connectivity index (χ2v) is 10.6. The second kappa shape index (κ2) is 9.27. The van der Waals surface area contributed by atoms with Gasteiger partial charge in [0, 0.05) is 24.2 Å². The lowest BCUT2D eigenvalue weighted by atomic mass is 10.0. The van der Waals surface area contributed by atoms with Crippen LogP contribution in [-0.2, 0) is 11.3 Å². The Bertz CT molecular complexity index is 1380. The van der Waals surface area contributed by atoms with E-state index in [0.29, 0.717) is 21.9 Å². The Morgan fingerprint density at radius 2 is 2.03 bits per heavy atom. The van der Waals surface area contributed by atoms with Gasteiger partial charge in [-0.15, -0.1) is 11.3 Å². The molecule has 4 heterocycles. The lowest BCUT2D eigenvalue weighted by molar-refractivity contribution is -0.131. The molecule has 6 nitrogen and oxygen atoms in total. The van der Waals surface area contributed by atoms with E-state index in [-0.39, 0.29) is 23.3 Å². The number of thioether (sulfide) groups is 1. The molecule has 0 radical (unpaired) electrons. The molecule has 0 bridgehead atoms. The summed E-state index contributed by atoms with van der Waals surface area (Å²) in [7, 11) is 0. The van der Waals surface area contributed by atoms with Gasteiger partial charge in [0.2, 0.25) is 5.91 Å². The van der Waals surface area contributed by atoms with Gasteiger partial charge in [-0.1, -0.05) is 41.6 Å². The van der Waals surface area contributed by atoms with Gasteiger partial charge in [-0.3, -0.25) is 14.2 Å². The van der Waals surface area contributed by atoms with Crippen LogP contribution in [0.1, 0.15) is 37.3 Å². The van der Waals surface area contributed by atoms with E-state index in [0.717, 1.165) is 35.2 Å². The number of carbonyl (C=O) groups excluding carboxylic acids is 1. The minimum absolute atomic E-state index is 0.0788. The summed E-state index contributed by atoms with van der Waals surface area (Å²) in [6.07, 6.45) is 5.01. The number of nitrogens with zero attached hydrogens (tertiary/aromatic N) is 4. The third-order valence-electron chi connectivity index (χ3n) is 6.23. The van der Waals surface area contributed by atoms with Crippen molar-refractivity contribution in [2.24, 2.45) is 0 Å². The van der Waals surface area contributed by atoms with Gasteiger partial charge >= 0.3 is 0 Å².